The molecule has 5 aromatic carbocycles. The van der Waals surface area contributed by atoms with Crippen LogP contribution in [0.15, 0.2) is 121 Å². The first-order chi connectivity index (χ1) is 26.6. The normalized spacial score (nSPS) is 25.9. The van der Waals surface area contributed by atoms with Crippen LogP contribution in [0, 0.1) is 29.5 Å². The molecule has 5 aromatic rings. The maximum atomic E-state index is 15.4. The summed E-state index contributed by atoms with van der Waals surface area (Å²) < 4.78 is 13.9. The molecule has 3 N–H and O–H groups in total. The minimum absolute atomic E-state index is 0.0478. The standard InChI is InChI=1S/C44H35ClFN3O6/c45-27-10-8-26(9-11-27)44-36(41(53)49(43(44)55)47-29-14-12-28(46)13-15-29)23-35-32(38(44)34-18-7-25-3-1-2-4-31(25)39(34)51)19-20-33-37(35)42(54)48(40(33)52)22-21-24-5-16-30(50)17-6-24/h1-19,33,35-38,47,50-51H,20-23H2. The summed E-state index contributed by atoms with van der Waals surface area (Å²) in [6.07, 6.45) is 2.66. The Labute approximate surface area is 320 Å². The van der Waals surface area contributed by atoms with Gasteiger partial charge in [0.2, 0.25) is 11.8 Å². The SMILES string of the molecule is O=C1C2CC=C3C(CC4C(=O)N(Nc5ccc(F)cc5)C(=O)C4(c4ccc(Cl)cc4)C3c3ccc4ccccc4c3O)C2C(=O)N1CCc1ccc(O)cc1. The highest BCUT2D eigenvalue weighted by molar-refractivity contribution is 6.30. The van der Waals surface area contributed by atoms with Gasteiger partial charge in [0.25, 0.3) is 11.8 Å². The van der Waals surface area contributed by atoms with E-state index < -0.39 is 52.6 Å². The van der Waals surface area contributed by atoms with Crippen molar-refractivity contribution < 1.29 is 33.8 Å². The number of hydrogen-bond acceptors (Lipinski definition) is 7. The van der Waals surface area contributed by atoms with Crippen molar-refractivity contribution in [2.75, 3.05) is 12.0 Å². The molecular formula is C44H35ClFN3O6. The van der Waals surface area contributed by atoms with Crippen LogP contribution in [0.3, 0.4) is 0 Å². The number of anilines is 1. The first-order valence-electron chi connectivity index (χ1n) is 18.3. The summed E-state index contributed by atoms with van der Waals surface area (Å²) in [5, 5.41) is 24.6. The molecule has 11 heteroatoms. The average molecular weight is 756 g/mol. The lowest BCUT2D eigenvalue weighted by Crippen LogP contribution is -2.53. The summed E-state index contributed by atoms with van der Waals surface area (Å²) in [4.78, 5) is 60.1. The molecule has 0 aromatic heterocycles. The van der Waals surface area contributed by atoms with E-state index in [2.05, 4.69) is 5.43 Å². The number of likely N-dealkylation sites (tertiary alicyclic amines) is 1. The van der Waals surface area contributed by atoms with Crippen LogP contribution in [0.2, 0.25) is 5.02 Å². The fraction of sp³-hybridized carbons (Fsp3) is 0.227. The predicted octanol–water partition coefficient (Wildman–Crippen LogP) is 7.27. The molecule has 9 rings (SSSR count). The number of nitrogens with zero attached hydrogens (tertiary/aromatic N) is 2. The predicted molar refractivity (Wildman–Crippen MR) is 203 cm³/mol. The van der Waals surface area contributed by atoms with E-state index in [9.17, 15) is 29.0 Å². The number of carbonyl (C=O) groups excluding carboxylic acids is 4. The molecule has 1 saturated carbocycles. The molecule has 6 unspecified atom stereocenters. The van der Waals surface area contributed by atoms with Gasteiger partial charge < -0.3 is 10.2 Å². The largest absolute Gasteiger partial charge is 0.508 e. The topological polar surface area (TPSA) is 127 Å². The van der Waals surface area contributed by atoms with E-state index in [0.29, 0.717) is 39.2 Å². The summed E-state index contributed by atoms with van der Waals surface area (Å²) in [7, 11) is 0. The number of phenolic OH excluding ortho intramolecular Hbond substituents is 2. The van der Waals surface area contributed by atoms with Crippen LogP contribution in [0.4, 0.5) is 10.1 Å². The van der Waals surface area contributed by atoms with Crippen molar-refractivity contribution in [3.05, 3.63) is 148 Å². The molecule has 55 heavy (non-hydrogen) atoms. The zero-order valence-electron chi connectivity index (χ0n) is 29.4. The molecular weight excluding hydrogens is 721 g/mol. The summed E-state index contributed by atoms with van der Waals surface area (Å²) >= 11 is 6.39. The van der Waals surface area contributed by atoms with Gasteiger partial charge in [-0.05, 0) is 90.2 Å². The van der Waals surface area contributed by atoms with Crippen LogP contribution in [0.25, 0.3) is 10.8 Å². The Balaban J connectivity index is 1.21. The maximum Gasteiger partial charge on any atom is 0.260 e. The Morgan fingerprint density at radius 1 is 0.800 bits per heavy atom. The van der Waals surface area contributed by atoms with Crippen LogP contribution < -0.4 is 5.43 Å². The van der Waals surface area contributed by atoms with Crippen molar-refractivity contribution in [2.24, 2.45) is 23.7 Å². The van der Waals surface area contributed by atoms with Crippen LogP contribution in [-0.2, 0) is 31.0 Å². The molecule has 3 fully saturated rings. The Morgan fingerprint density at radius 3 is 2.27 bits per heavy atom. The van der Waals surface area contributed by atoms with Gasteiger partial charge in [0.1, 0.15) is 17.3 Å². The third-order valence-electron chi connectivity index (χ3n) is 12.2. The lowest BCUT2D eigenvalue weighted by Gasteiger charge is -2.50. The second-order valence-electron chi connectivity index (χ2n) is 14.8. The Morgan fingerprint density at radius 2 is 1.53 bits per heavy atom. The number of benzene rings is 5. The molecule has 9 nitrogen and oxygen atoms in total. The van der Waals surface area contributed by atoms with Gasteiger partial charge in [-0.2, -0.15) is 5.01 Å². The highest BCUT2D eigenvalue weighted by atomic mass is 35.5. The molecule has 4 aliphatic rings. The number of hydrogen-bond donors (Lipinski definition) is 3. The van der Waals surface area contributed by atoms with E-state index in [1.807, 2.05) is 30.3 Å². The molecule has 2 saturated heterocycles. The van der Waals surface area contributed by atoms with E-state index in [-0.39, 0.29) is 42.7 Å². The summed E-state index contributed by atoms with van der Waals surface area (Å²) in [6, 6.07) is 29.7. The van der Waals surface area contributed by atoms with Crippen molar-refractivity contribution in [1.29, 1.82) is 0 Å². The molecule has 276 valence electrons. The molecule has 4 amide bonds. The number of nitrogens with one attached hydrogen (secondary N) is 1. The number of carbonyl (C=O) groups is 4. The van der Waals surface area contributed by atoms with Crippen LogP contribution >= 0.6 is 11.6 Å². The monoisotopic (exact) mass is 755 g/mol. The first-order valence-corrected chi connectivity index (χ1v) is 18.7. The van der Waals surface area contributed by atoms with Gasteiger partial charge in [-0.25, -0.2) is 4.39 Å². The van der Waals surface area contributed by atoms with E-state index in [0.717, 1.165) is 16.0 Å². The van der Waals surface area contributed by atoms with Crippen LogP contribution in [0.1, 0.15) is 35.4 Å². The fourth-order valence-corrected chi connectivity index (χ4v) is 9.82. The van der Waals surface area contributed by atoms with Gasteiger partial charge in [-0.15, -0.1) is 0 Å². The van der Waals surface area contributed by atoms with E-state index in [1.165, 1.54) is 29.2 Å². The van der Waals surface area contributed by atoms with Gasteiger partial charge in [-0.3, -0.25) is 29.5 Å². The average Bonchev–Trinajstić information content (AvgIpc) is 3.56. The molecule has 2 aliphatic heterocycles. The van der Waals surface area contributed by atoms with Gasteiger partial charge >= 0.3 is 0 Å². The molecule has 0 radical (unpaired) electrons. The van der Waals surface area contributed by atoms with E-state index in [1.54, 1.807) is 60.7 Å². The van der Waals surface area contributed by atoms with Crippen molar-refractivity contribution >= 4 is 51.7 Å². The quantitative estimate of drug-likeness (QED) is 0.118. The zero-order valence-corrected chi connectivity index (χ0v) is 30.1. The number of aromatic hydroxyl groups is 2. The molecule has 2 aliphatic carbocycles. The molecule has 6 atom stereocenters. The summed E-state index contributed by atoms with van der Waals surface area (Å²) in [6.45, 7) is 0.150. The molecule has 2 heterocycles. The van der Waals surface area contributed by atoms with Gasteiger partial charge in [-0.1, -0.05) is 83.9 Å². The molecule has 0 spiro atoms. The zero-order chi connectivity index (χ0) is 38.2. The number of amides is 4. The second-order valence-corrected chi connectivity index (χ2v) is 15.3. The summed E-state index contributed by atoms with van der Waals surface area (Å²) in [5.74, 6) is -6.18. The lowest BCUT2D eigenvalue weighted by molar-refractivity contribution is -0.141. The van der Waals surface area contributed by atoms with Gasteiger partial charge in [0.05, 0.1) is 28.9 Å². The van der Waals surface area contributed by atoms with Crippen molar-refractivity contribution in [3.8, 4) is 11.5 Å². The van der Waals surface area contributed by atoms with Crippen molar-refractivity contribution in [3.63, 3.8) is 0 Å². The number of allylic oxidation sites excluding steroid dienone is 2. The van der Waals surface area contributed by atoms with E-state index in [4.69, 9.17) is 11.6 Å². The second kappa shape index (κ2) is 13.1. The summed E-state index contributed by atoms with van der Waals surface area (Å²) in [5.41, 5.74) is 4.13. The maximum absolute atomic E-state index is 15.4. The third kappa shape index (κ3) is 5.33. The van der Waals surface area contributed by atoms with Gasteiger partial charge in [0.15, 0.2) is 0 Å². The number of halogens is 2. The highest BCUT2D eigenvalue weighted by Crippen LogP contribution is 2.65. The third-order valence-corrected chi connectivity index (χ3v) is 12.4. The minimum Gasteiger partial charge on any atom is -0.508 e. The fourth-order valence-electron chi connectivity index (χ4n) is 9.69. The van der Waals surface area contributed by atoms with Crippen molar-refractivity contribution in [2.45, 2.75) is 30.6 Å². The highest BCUT2D eigenvalue weighted by Gasteiger charge is 2.70. The lowest BCUT2D eigenvalue weighted by atomic mass is 9.49. The molecule has 0 bridgehead atoms. The van der Waals surface area contributed by atoms with Crippen molar-refractivity contribution in [1.82, 2.24) is 9.91 Å². The number of fused-ring (bicyclic) bond motifs is 5. The number of hydrazine groups is 1. The van der Waals surface area contributed by atoms with Crippen LogP contribution in [-0.4, -0.2) is 50.3 Å². The van der Waals surface area contributed by atoms with Gasteiger partial charge in [0, 0.05) is 28.4 Å². The number of rotatable bonds is 7. The Kier molecular flexibility index (Phi) is 8.27. The Hall–Kier alpha value is -6.00. The smallest absolute Gasteiger partial charge is 0.260 e. The van der Waals surface area contributed by atoms with E-state index >= 15 is 4.79 Å². The first kappa shape index (κ1) is 34.7. The van der Waals surface area contributed by atoms with Crippen LogP contribution in [0.5, 0.6) is 11.5 Å². The Bertz CT molecular complexity index is 2440. The number of phenols is 2. The number of imide groups is 2. The minimum atomic E-state index is -1.62.